The third-order valence-corrected chi connectivity index (χ3v) is 10.4. The highest BCUT2D eigenvalue weighted by atomic mass is 35.5. The van der Waals surface area contributed by atoms with Gasteiger partial charge >= 0.3 is 5.97 Å². The number of fused-ring (bicyclic) bond motifs is 4. The maximum Gasteiger partial charge on any atom is 0.303 e. The highest BCUT2D eigenvalue weighted by Gasteiger charge is 2.62. The Morgan fingerprint density at radius 2 is 1.88 bits per heavy atom. The Morgan fingerprint density at radius 1 is 1.15 bits per heavy atom. The standard InChI is InChI=1S/C27H34ClNO4/c1-25(14-22-24(32)18-13-16(28)5-7-21(18)29-22)15(12-23(30)31)4-6-17-19(25)8-10-26(2)20(17)9-11-27(26,3)33/h5,7,13-15,17,19-20,29,33H,4,6,8-12H2,1-3H3,(H,30,31)/b22-14-/t15-,17+,19-,20-,25-,26-,27-/m0/s1. The van der Waals surface area contributed by atoms with Gasteiger partial charge < -0.3 is 15.5 Å². The molecule has 3 fully saturated rings. The van der Waals surface area contributed by atoms with Gasteiger partial charge in [-0.05, 0) is 98.1 Å². The summed E-state index contributed by atoms with van der Waals surface area (Å²) in [6.45, 7) is 6.42. The van der Waals surface area contributed by atoms with E-state index in [0.29, 0.717) is 28.1 Å². The van der Waals surface area contributed by atoms with Gasteiger partial charge in [0.2, 0.25) is 5.78 Å². The van der Waals surface area contributed by atoms with E-state index in [0.717, 1.165) is 44.2 Å². The first-order valence-electron chi connectivity index (χ1n) is 12.2. The number of Topliss-reactive ketones (excluding diaryl/α,β-unsaturated/α-hetero) is 1. The number of hydrogen-bond donors (Lipinski definition) is 3. The van der Waals surface area contributed by atoms with Crippen molar-refractivity contribution in [3.63, 3.8) is 0 Å². The van der Waals surface area contributed by atoms with E-state index in [1.54, 1.807) is 12.1 Å². The molecule has 0 amide bonds. The van der Waals surface area contributed by atoms with Gasteiger partial charge in [0, 0.05) is 22.7 Å². The first-order chi connectivity index (χ1) is 15.5. The first kappa shape index (κ1) is 22.9. The van der Waals surface area contributed by atoms with Crippen molar-refractivity contribution >= 4 is 29.0 Å². The number of benzene rings is 1. The minimum atomic E-state index is -0.784. The zero-order valence-corrected chi connectivity index (χ0v) is 20.4. The number of aliphatic hydroxyl groups is 1. The summed E-state index contributed by atoms with van der Waals surface area (Å²) in [5.41, 5.74) is 0.695. The lowest BCUT2D eigenvalue weighted by atomic mass is 9.46. The zero-order valence-electron chi connectivity index (χ0n) is 19.7. The molecule has 0 saturated heterocycles. The number of carbonyl (C=O) groups excluding carboxylic acids is 1. The number of carbonyl (C=O) groups is 2. The Kier molecular flexibility index (Phi) is 5.26. The van der Waals surface area contributed by atoms with Gasteiger partial charge in [-0.25, -0.2) is 0 Å². The first-order valence-corrected chi connectivity index (χ1v) is 12.6. The SMILES string of the molecule is C[C@]1(/C=C2\Nc3ccc(Cl)cc3C2=O)[C@H](CC(=O)O)CC[C@@H]2[C@@H]1CC[C@@]1(C)[C@H]2CC[C@]1(C)O. The van der Waals surface area contributed by atoms with Gasteiger partial charge in [0.25, 0.3) is 0 Å². The number of ketones is 1. The second-order valence-electron chi connectivity index (χ2n) is 11.6. The van der Waals surface area contributed by atoms with E-state index in [1.165, 1.54) is 0 Å². The average molecular weight is 472 g/mol. The van der Waals surface area contributed by atoms with Gasteiger partial charge in [0.05, 0.1) is 11.3 Å². The summed E-state index contributed by atoms with van der Waals surface area (Å²) in [5.74, 6) is 0.257. The predicted octanol–water partition coefficient (Wildman–Crippen LogP) is 5.92. The molecule has 6 heteroatoms. The molecule has 7 atom stereocenters. The second-order valence-corrected chi connectivity index (χ2v) is 12.0. The quantitative estimate of drug-likeness (QED) is 0.476. The second kappa shape index (κ2) is 7.58. The minimum absolute atomic E-state index is 0.0306. The van der Waals surface area contributed by atoms with Crippen molar-refractivity contribution < 1.29 is 19.8 Å². The lowest BCUT2D eigenvalue weighted by molar-refractivity contribution is -0.145. The third kappa shape index (κ3) is 3.37. The van der Waals surface area contributed by atoms with Gasteiger partial charge in [-0.1, -0.05) is 31.5 Å². The number of anilines is 1. The molecule has 3 saturated carbocycles. The number of rotatable bonds is 3. The van der Waals surface area contributed by atoms with Crippen LogP contribution >= 0.6 is 11.6 Å². The minimum Gasteiger partial charge on any atom is -0.481 e. The Morgan fingerprint density at radius 3 is 2.61 bits per heavy atom. The van der Waals surface area contributed by atoms with E-state index in [2.05, 4.69) is 25.2 Å². The van der Waals surface area contributed by atoms with Crippen LogP contribution in [0.15, 0.2) is 30.0 Å². The van der Waals surface area contributed by atoms with E-state index in [9.17, 15) is 19.8 Å². The van der Waals surface area contributed by atoms with Crippen molar-refractivity contribution in [2.45, 2.75) is 71.3 Å². The molecule has 4 aliphatic rings. The average Bonchev–Trinajstić information content (AvgIpc) is 3.17. The summed E-state index contributed by atoms with van der Waals surface area (Å²) in [6, 6.07) is 5.29. The fourth-order valence-corrected chi connectivity index (χ4v) is 8.22. The molecule has 1 aliphatic heterocycles. The van der Waals surface area contributed by atoms with Crippen LogP contribution in [0.5, 0.6) is 0 Å². The smallest absolute Gasteiger partial charge is 0.303 e. The van der Waals surface area contributed by atoms with Gasteiger partial charge in [0.15, 0.2) is 0 Å². The van der Waals surface area contributed by atoms with Crippen molar-refractivity contribution in [1.82, 2.24) is 0 Å². The molecule has 5 nitrogen and oxygen atoms in total. The molecule has 0 spiro atoms. The summed E-state index contributed by atoms with van der Waals surface area (Å²) in [4.78, 5) is 25.0. The van der Waals surface area contributed by atoms with Gasteiger partial charge in [-0.15, -0.1) is 0 Å². The topological polar surface area (TPSA) is 86.6 Å². The molecule has 33 heavy (non-hydrogen) atoms. The Hall–Kier alpha value is -1.85. The van der Waals surface area contributed by atoms with Crippen molar-refractivity contribution in [2.24, 2.45) is 34.5 Å². The highest BCUT2D eigenvalue weighted by molar-refractivity contribution is 6.32. The van der Waals surface area contributed by atoms with Gasteiger partial charge in [-0.3, -0.25) is 9.59 Å². The van der Waals surface area contributed by atoms with Crippen molar-refractivity contribution in [2.75, 3.05) is 5.32 Å². The number of carboxylic acids is 1. The fraction of sp³-hybridized carbons (Fsp3) is 0.630. The zero-order chi connectivity index (χ0) is 23.8. The van der Waals surface area contributed by atoms with E-state index >= 15 is 0 Å². The molecule has 1 aromatic rings. The monoisotopic (exact) mass is 471 g/mol. The third-order valence-electron chi connectivity index (χ3n) is 10.1. The normalized spacial score (nSPS) is 43.1. The Balaban J connectivity index is 1.54. The van der Waals surface area contributed by atoms with E-state index < -0.39 is 17.0 Å². The number of nitrogens with one attached hydrogen (secondary N) is 1. The summed E-state index contributed by atoms with van der Waals surface area (Å²) < 4.78 is 0. The summed E-state index contributed by atoms with van der Waals surface area (Å²) in [6.07, 6.45) is 7.70. The number of aliphatic carboxylic acids is 1. The fourth-order valence-electron chi connectivity index (χ4n) is 8.04. The van der Waals surface area contributed by atoms with Crippen LogP contribution in [0.25, 0.3) is 0 Å². The lowest BCUT2D eigenvalue weighted by Gasteiger charge is -2.59. The van der Waals surface area contributed by atoms with Crippen molar-refractivity contribution in [3.8, 4) is 0 Å². The largest absolute Gasteiger partial charge is 0.481 e. The number of halogens is 1. The Labute approximate surface area is 200 Å². The van der Waals surface area contributed by atoms with Crippen LogP contribution in [-0.4, -0.2) is 27.6 Å². The van der Waals surface area contributed by atoms with E-state index in [4.69, 9.17) is 11.6 Å². The lowest BCUT2D eigenvalue weighted by Crippen LogP contribution is -2.54. The maximum absolute atomic E-state index is 13.2. The predicted molar refractivity (Wildman–Crippen MR) is 128 cm³/mol. The molecule has 5 rings (SSSR count). The van der Waals surface area contributed by atoms with E-state index in [-0.39, 0.29) is 29.5 Å². The van der Waals surface area contributed by atoms with Crippen LogP contribution in [0.2, 0.25) is 5.02 Å². The van der Waals surface area contributed by atoms with Gasteiger partial charge in [-0.2, -0.15) is 0 Å². The molecule has 0 unspecified atom stereocenters. The van der Waals surface area contributed by atoms with Crippen LogP contribution in [0.1, 0.15) is 76.1 Å². The summed E-state index contributed by atoms with van der Waals surface area (Å²) in [5, 5.41) is 24.7. The van der Waals surface area contributed by atoms with Crippen molar-refractivity contribution in [1.29, 1.82) is 0 Å². The van der Waals surface area contributed by atoms with Crippen LogP contribution in [0.4, 0.5) is 5.69 Å². The molecule has 1 heterocycles. The number of carboxylic acid groups (broad SMARTS) is 1. The number of allylic oxidation sites excluding steroid dienone is 2. The highest BCUT2D eigenvalue weighted by Crippen LogP contribution is 2.67. The number of hydrogen-bond acceptors (Lipinski definition) is 4. The molecule has 1 aromatic carbocycles. The molecule has 0 radical (unpaired) electrons. The van der Waals surface area contributed by atoms with E-state index in [1.807, 2.05) is 13.0 Å². The summed E-state index contributed by atoms with van der Waals surface area (Å²) >= 11 is 6.13. The molecular formula is C27H34ClNO4. The maximum atomic E-state index is 13.2. The summed E-state index contributed by atoms with van der Waals surface area (Å²) in [7, 11) is 0. The van der Waals surface area contributed by atoms with Gasteiger partial charge in [0.1, 0.15) is 0 Å². The molecule has 178 valence electrons. The van der Waals surface area contributed by atoms with Crippen LogP contribution in [-0.2, 0) is 4.79 Å². The molecular weight excluding hydrogens is 438 g/mol. The van der Waals surface area contributed by atoms with Crippen LogP contribution in [0, 0.1) is 34.5 Å². The molecule has 0 bridgehead atoms. The van der Waals surface area contributed by atoms with Crippen LogP contribution < -0.4 is 5.32 Å². The van der Waals surface area contributed by atoms with Crippen LogP contribution in [0.3, 0.4) is 0 Å². The molecule has 3 N–H and O–H groups in total. The van der Waals surface area contributed by atoms with Crippen molar-refractivity contribution in [3.05, 3.63) is 40.6 Å². The molecule has 3 aliphatic carbocycles. The Bertz CT molecular complexity index is 1050. The molecule has 0 aromatic heterocycles.